The van der Waals surface area contributed by atoms with Crippen LogP contribution in [0.4, 0.5) is 17.1 Å². The first-order chi connectivity index (χ1) is 14.8. The van der Waals surface area contributed by atoms with Crippen molar-refractivity contribution in [2.24, 2.45) is 0 Å². The van der Waals surface area contributed by atoms with Crippen molar-refractivity contribution < 1.29 is 22.7 Å². The highest BCUT2D eigenvalue weighted by Gasteiger charge is 2.16. The Hall–Kier alpha value is -3.37. The van der Waals surface area contributed by atoms with Gasteiger partial charge in [-0.1, -0.05) is 12.1 Å². The molecule has 8 nitrogen and oxygen atoms in total. The highest BCUT2D eigenvalue weighted by molar-refractivity contribution is 7.92. The molecule has 2 amide bonds. The van der Waals surface area contributed by atoms with Crippen molar-refractivity contribution in [1.29, 1.82) is 0 Å². The van der Waals surface area contributed by atoms with Gasteiger partial charge in [0.05, 0.1) is 35.4 Å². The van der Waals surface area contributed by atoms with Gasteiger partial charge in [-0.05, 0) is 42.6 Å². The average Bonchev–Trinajstić information content (AvgIpc) is 3.30. The molecule has 0 bridgehead atoms. The van der Waals surface area contributed by atoms with Gasteiger partial charge in [-0.25, -0.2) is 8.42 Å². The molecule has 0 radical (unpaired) electrons. The number of thiophene rings is 1. The quantitative estimate of drug-likeness (QED) is 0.471. The summed E-state index contributed by atoms with van der Waals surface area (Å²) in [5.41, 5.74) is 1.83. The van der Waals surface area contributed by atoms with Crippen LogP contribution >= 0.6 is 11.3 Å². The lowest BCUT2D eigenvalue weighted by Crippen LogP contribution is -2.18. The van der Waals surface area contributed by atoms with Crippen molar-refractivity contribution in [2.75, 3.05) is 28.2 Å². The minimum absolute atomic E-state index is 0.0808. The van der Waals surface area contributed by atoms with Gasteiger partial charge in [0.25, 0.3) is 11.8 Å². The molecule has 0 aliphatic rings. The zero-order chi connectivity index (χ0) is 22.4. The first-order valence-corrected chi connectivity index (χ1v) is 11.8. The number of amides is 2. The smallest absolute Gasteiger partial charge is 0.257 e. The van der Waals surface area contributed by atoms with Crippen LogP contribution in [0.15, 0.2) is 59.3 Å². The number of nitrogens with one attached hydrogen (secondary N) is 3. The first-order valence-electron chi connectivity index (χ1n) is 9.25. The molecule has 31 heavy (non-hydrogen) atoms. The highest BCUT2D eigenvalue weighted by atomic mass is 32.2. The van der Waals surface area contributed by atoms with E-state index in [0.717, 1.165) is 0 Å². The lowest BCUT2D eigenvalue weighted by Gasteiger charge is -2.14. The number of benzene rings is 2. The van der Waals surface area contributed by atoms with Gasteiger partial charge in [-0.15, -0.1) is 0 Å². The lowest BCUT2D eigenvalue weighted by molar-refractivity contribution is 0.102. The molecule has 0 spiro atoms. The molecule has 2 aromatic carbocycles. The van der Waals surface area contributed by atoms with Gasteiger partial charge < -0.3 is 15.4 Å². The molecule has 1 aromatic heterocycles. The Morgan fingerprint density at radius 1 is 1.00 bits per heavy atom. The fourth-order valence-corrected chi connectivity index (χ4v) is 3.95. The zero-order valence-electron chi connectivity index (χ0n) is 16.8. The molecule has 0 aliphatic carbocycles. The van der Waals surface area contributed by atoms with Gasteiger partial charge in [0.1, 0.15) is 5.75 Å². The van der Waals surface area contributed by atoms with Crippen LogP contribution in [0, 0.1) is 0 Å². The van der Waals surface area contributed by atoms with E-state index in [1.54, 1.807) is 47.2 Å². The van der Waals surface area contributed by atoms with Crippen molar-refractivity contribution in [3.63, 3.8) is 0 Å². The number of sulfonamides is 1. The monoisotopic (exact) mass is 459 g/mol. The summed E-state index contributed by atoms with van der Waals surface area (Å²) in [5, 5.41) is 9.01. The Morgan fingerprint density at radius 2 is 1.77 bits per heavy atom. The van der Waals surface area contributed by atoms with Gasteiger partial charge in [0.15, 0.2) is 0 Å². The molecule has 0 aliphatic heterocycles. The van der Waals surface area contributed by atoms with Gasteiger partial charge in [-0.2, -0.15) is 11.3 Å². The molecule has 0 saturated heterocycles. The maximum atomic E-state index is 12.8. The van der Waals surface area contributed by atoms with Crippen molar-refractivity contribution in [3.8, 4) is 5.75 Å². The zero-order valence-corrected chi connectivity index (χ0v) is 18.5. The van der Waals surface area contributed by atoms with Crippen LogP contribution in [0.3, 0.4) is 0 Å². The highest BCUT2D eigenvalue weighted by Crippen LogP contribution is 2.29. The van der Waals surface area contributed by atoms with E-state index in [1.807, 2.05) is 0 Å². The van der Waals surface area contributed by atoms with Crippen molar-refractivity contribution in [2.45, 2.75) is 6.92 Å². The SMILES string of the molecule is CCS(=O)(=O)Nc1ccc(NC(=O)c2ccccc2NC(=O)c2ccsc2)cc1OC. The van der Waals surface area contributed by atoms with Gasteiger partial charge in [0.2, 0.25) is 10.0 Å². The van der Waals surface area contributed by atoms with E-state index in [1.165, 1.54) is 37.5 Å². The summed E-state index contributed by atoms with van der Waals surface area (Å²) in [7, 11) is -2.07. The second-order valence-electron chi connectivity index (χ2n) is 6.39. The molecular formula is C21H21N3O5S2. The molecule has 10 heteroatoms. The van der Waals surface area contributed by atoms with E-state index >= 15 is 0 Å². The summed E-state index contributed by atoms with van der Waals surface area (Å²) in [6.45, 7) is 1.53. The molecule has 0 unspecified atom stereocenters. The fraction of sp³-hybridized carbons (Fsp3) is 0.143. The summed E-state index contributed by atoms with van der Waals surface area (Å²) < 4.78 is 31.3. The van der Waals surface area contributed by atoms with Crippen molar-refractivity contribution in [1.82, 2.24) is 0 Å². The Morgan fingerprint density at radius 3 is 2.45 bits per heavy atom. The third-order valence-corrected chi connectivity index (χ3v) is 6.28. The van der Waals surface area contributed by atoms with Gasteiger partial charge >= 0.3 is 0 Å². The van der Waals surface area contributed by atoms with E-state index in [0.29, 0.717) is 16.9 Å². The molecule has 3 aromatic rings. The minimum atomic E-state index is -3.48. The maximum absolute atomic E-state index is 12.8. The third-order valence-electron chi connectivity index (χ3n) is 4.31. The molecule has 0 atom stereocenters. The van der Waals surface area contributed by atoms with Crippen LogP contribution in [-0.2, 0) is 10.0 Å². The predicted molar refractivity (Wildman–Crippen MR) is 123 cm³/mol. The number of para-hydroxylation sites is 1. The van der Waals surface area contributed by atoms with Gasteiger partial charge in [-0.3, -0.25) is 14.3 Å². The van der Waals surface area contributed by atoms with E-state index in [-0.39, 0.29) is 28.7 Å². The minimum Gasteiger partial charge on any atom is -0.494 e. The van der Waals surface area contributed by atoms with Crippen LogP contribution in [0.1, 0.15) is 27.6 Å². The summed E-state index contributed by atoms with van der Waals surface area (Å²) >= 11 is 1.41. The standard InChI is InChI=1S/C21H21N3O5S2/c1-3-31(27,28)24-18-9-8-15(12-19(18)29-2)22-21(26)16-6-4-5-7-17(16)23-20(25)14-10-11-30-13-14/h4-13,24H,3H2,1-2H3,(H,22,26)(H,23,25). The number of anilines is 3. The lowest BCUT2D eigenvalue weighted by atomic mass is 10.1. The van der Waals surface area contributed by atoms with E-state index in [4.69, 9.17) is 4.74 Å². The Bertz CT molecular complexity index is 1190. The van der Waals surface area contributed by atoms with Crippen LogP contribution in [-0.4, -0.2) is 33.1 Å². The molecule has 162 valence electrons. The first kappa shape index (κ1) is 22.3. The molecule has 0 fully saturated rings. The second-order valence-corrected chi connectivity index (χ2v) is 9.18. The summed E-state index contributed by atoms with van der Waals surface area (Å²) in [5.74, 6) is -0.572. The Kier molecular flexibility index (Phi) is 6.93. The Labute approximate surface area is 184 Å². The molecule has 1 heterocycles. The fourth-order valence-electron chi connectivity index (χ4n) is 2.67. The van der Waals surface area contributed by atoms with E-state index in [9.17, 15) is 18.0 Å². The molecule has 0 saturated carbocycles. The third kappa shape index (κ3) is 5.62. The van der Waals surface area contributed by atoms with Gasteiger partial charge in [0, 0.05) is 17.1 Å². The summed E-state index contributed by atoms with van der Waals surface area (Å²) in [6.07, 6.45) is 0. The van der Waals surface area contributed by atoms with Crippen molar-refractivity contribution >= 4 is 50.2 Å². The molecule has 3 rings (SSSR count). The summed E-state index contributed by atoms with van der Waals surface area (Å²) in [6, 6.07) is 12.9. The molecular weight excluding hydrogens is 438 g/mol. The Balaban J connectivity index is 1.80. The largest absolute Gasteiger partial charge is 0.494 e. The van der Waals surface area contributed by atoms with Crippen LogP contribution in [0.5, 0.6) is 5.75 Å². The van der Waals surface area contributed by atoms with E-state index in [2.05, 4.69) is 15.4 Å². The summed E-state index contributed by atoms with van der Waals surface area (Å²) in [4.78, 5) is 25.2. The topological polar surface area (TPSA) is 114 Å². The number of hydrogen-bond acceptors (Lipinski definition) is 6. The normalized spacial score (nSPS) is 10.9. The van der Waals surface area contributed by atoms with Crippen LogP contribution < -0.4 is 20.1 Å². The van der Waals surface area contributed by atoms with E-state index < -0.39 is 15.9 Å². The average molecular weight is 460 g/mol. The number of carbonyl (C=O) groups excluding carboxylic acids is 2. The van der Waals surface area contributed by atoms with Crippen LogP contribution in [0.2, 0.25) is 0 Å². The van der Waals surface area contributed by atoms with Crippen LogP contribution in [0.25, 0.3) is 0 Å². The number of methoxy groups -OCH3 is 1. The molecule has 3 N–H and O–H groups in total. The second kappa shape index (κ2) is 9.63. The number of rotatable bonds is 8. The number of hydrogen-bond donors (Lipinski definition) is 3. The van der Waals surface area contributed by atoms with Crippen molar-refractivity contribution in [3.05, 3.63) is 70.4 Å². The maximum Gasteiger partial charge on any atom is 0.257 e. The predicted octanol–water partition coefficient (Wildman–Crippen LogP) is 4.02. The number of ether oxygens (including phenoxy) is 1. The number of carbonyl (C=O) groups is 2.